The number of amides is 1. The van der Waals surface area contributed by atoms with Crippen LogP contribution in [0, 0.1) is 18.3 Å². The number of benzene rings is 2. The summed E-state index contributed by atoms with van der Waals surface area (Å²) < 4.78 is 3.17. The van der Waals surface area contributed by atoms with Crippen molar-refractivity contribution in [3.8, 4) is 6.07 Å². The number of carbonyl (C=O) groups is 1. The van der Waals surface area contributed by atoms with Crippen LogP contribution in [-0.4, -0.2) is 31.8 Å². The van der Waals surface area contributed by atoms with Crippen LogP contribution >= 0.6 is 0 Å². The number of nitrogens with zero attached hydrogens (tertiary/aromatic N) is 5. The molecule has 0 aliphatic carbocycles. The van der Waals surface area contributed by atoms with Crippen LogP contribution in [0.15, 0.2) is 65.8 Å². The smallest absolute Gasteiger partial charge is 0.264 e. The van der Waals surface area contributed by atoms with E-state index in [2.05, 4.69) is 15.4 Å². The maximum absolute atomic E-state index is 12.8. The summed E-state index contributed by atoms with van der Waals surface area (Å²) in [6.07, 6.45) is 3.04. The average molecular weight is 412 g/mol. The first-order chi connectivity index (χ1) is 15.0. The average Bonchev–Trinajstić information content (AvgIpc) is 3.19. The molecule has 0 aliphatic heterocycles. The Balaban J connectivity index is 1.44. The zero-order valence-corrected chi connectivity index (χ0v) is 16.9. The number of carbonyl (C=O) groups excluding carboxylic acids is 1. The third-order valence-electron chi connectivity index (χ3n) is 4.94. The summed E-state index contributed by atoms with van der Waals surface area (Å²) in [4.78, 5) is 29.5. The van der Waals surface area contributed by atoms with Gasteiger partial charge in [0.05, 0.1) is 30.9 Å². The molecular formula is C23H20N6O2. The van der Waals surface area contributed by atoms with Gasteiger partial charge in [0.25, 0.3) is 11.5 Å². The van der Waals surface area contributed by atoms with E-state index in [1.165, 1.54) is 12.5 Å². The van der Waals surface area contributed by atoms with Gasteiger partial charge in [0.1, 0.15) is 11.7 Å². The Bertz CT molecular complexity index is 1350. The molecule has 2 aromatic carbocycles. The summed E-state index contributed by atoms with van der Waals surface area (Å²) >= 11 is 0. The molecule has 4 aromatic rings. The number of aromatic nitrogens is 4. The Morgan fingerprint density at radius 2 is 2.00 bits per heavy atom. The third-order valence-corrected chi connectivity index (χ3v) is 4.94. The topological polar surface area (TPSA) is 106 Å². The van der Waals surface area contributed by atoms with E-state index in [9.17, 15) is 9.59 Å². The predicted octanol–water partition coefficient (Wildman–Crippen LogP) is 2.25. The minimum absolute atomic E-state index is 0.153. The summed E-state index contributed by atoms with van der Waals surface area (Å²) in [5, 5.41) is 16.3. The van der Waals surface area contributed by atoms with Crippen molar-refractivity contribution < 1.29 is 4.79 Å². The van der Waals surface area contributed by atoms with E-state index < -0.39 is 0 Å². The fourth-order valence-corrected chi connectivity index (χ4v) is 3.35. The molecule has 0 fully saturated rings. The van der Waals surface area contributed by atoms with E-state index in [0.717, 1.165) is 11.1 Å². The van der Waals surface area contributed by atoms with Gasteiger partial charge in [-0.1, -0.05) is 29.8 Å². The number of fused-ring (bicyclic) bond motifs is 1. The van der Waals surface area contributed by atoms with Crippen LogP contribution in [0.4, 0.5) is 0 Å². The molecule has 154 valence electrons. The molecule has 0 atom stereocenters. The van der Waals surface area contributed by atoms with Gasteiger partial charge in [-0.05, 0) is 36.8 Å². The molecule has 2 aromatic heterocycles. The van der Waals surface area contributed by atoms with Crippen molar-refractivity contribution in [2.45, 2.75) is 20.0 Å². The SMILES string of the molecule is Cc1cccc(Cn2cnc3c(cnn3CCNC(=O)c3ccc(C#N)cc3)c2=O)c1. The monoisotopic (exact) mass is 412 g/mol. The largest absolute Gasteiger partial charge is 0.350 e. The van der Waals surface area contributed by atoms with Crippen molar-refractivity contribution in [2.75, 3.05) is 6.54 Å². The van der Waals surface area contributed by atoms with E-state index in [1.807, 2.05) is 37.3 Å². The van der Waals surface area contributed by atoms with Crippen molar-refractivity contribution >= 4 is 16.9 Å². The molecule has 0 radical (unpaired) electrons. The summed E-state index contributed by atoms with van der Waals surface area (Å²) in [7, 11) is 0. The molecule has 0 saturated heterocycles. The van der Waals surface area contributed by atoms with E-state index >= 15 is 0 Å². The lowest BCUT2D eigenvalue weighted by Crippen LogP contribution is -2.27. The van der Waals surface area contributed by atoms with E-state index in [1.54, 1.807) is 33.5 Å². The van der Waals surface area contributed by atoms with Crippen molar-refractivity contribution in [1.82, 2.24) is 24.6 Å². The molecule has 8 heteroatoms. The Morgan fingerprint density at radius 1 is 1.19 bits per heavy atom. The minimum atomic E-state index is -0.241. The minimum Gasteiger partial charge on any atom is -0.350 e. The summed E-state index contributed by atoms with van der Waals surface area (Å²) in [6, 6.07) is 16.4. The normalized spacial score (nSPS) is 10.7. The van der Waals surface area contributed by atoms with Crippen LogP contribution in [0.2, 0.25) is 0 Å². The van der Waals surface area contributed by atoms with Gasteiger partial charge in [0, 0.05) is 12.1 Å². The van der Waals surface area contributed by atoms with Crippen LogP contribution in [0.25, 0.3) is 11.0 Å². The maximum atomic E-state index is 12.8. The molecule has 1 amide bonds. The number of rotatable bonds is 6. The highest BCUT2D eigenvalue weighted by Crippen LogP contribution is 2.09. The molecular weight excluding hydrogens is 392 g/mol. The fraction of sp³-hybridized carbons (Fsp3) is 0.174. The lowest BCUT2D eigenvalue weighted by molar-refractivity contribution is 0.0952. The van der Waals surface area contributed by atoms with Gasteiger partial charge in [-0.3, -0.25) is 14.2 Å². The lowest BCUT2D eigenvalue weighted by Gasteiger charge is -2.08. The number of aryl methyl sites for hydroxylation is 1. The van der Waals surface area contributed by atoms with Gasteiger partial charge in [0.15, 0.2) is 5.65 Å². The van der Waals surface area contributed by atoms with Crippen molar-refractivity contribution in [1.29, 1.82) is 5.26 Å². The molecule has 0 bridgehead atoms. The number of nitrogens with one attached hydrogen (secondary N) is 1. The van der Waals surface area contributed by atoms with Crippen LogP contribution < -0.4 is 10.9 Å². The summed E-state index contributed by atoms with van der Waals surface area (Å²) in [5.74, 6) is -0.241. The first-order valence-corrected chi connectivity index (χ1v) is 9.80. The zero-order chi connectivity index (χ0) is 21.8. The zero-order valence-electron chi connectivity index (χ0n) is 16.9. The van der Waals surface area contributed by atoms with E-state index in [0.29, 0.717) is 41.8 Å². The van der Waals surface area contributed by atoms with Crippen LogP contribution in [0.5, 0.6) is 0 Å². The number of hydrogen-bond acceptors (Lipinski definition) is 5. The second kappa shape index (κ2) is 8.63. The molecule has 31 heavy (non-hydrogen) atoms. The molecule has 1 N–H and O–H groups in total. The van der Waals surface area contributed by atoms with Crippen LogP contribution in [0.3, 0.4) is 0 Å². The van der Waals surface area contributed by atoms with Gasteiger partial charge in [-0.15, -0.1) is 0 Å². The molecule has 8 nitrogen and oxygen atoms in total. The second-order valence-corrected chi connectivity index (χ2v) is 7.22. The fourth-order valence-electron chi connectivity index (χ4n) is 3.35. The highest BCUT2D eigenvalue weighted by Gasteiger charge is 2.11. The number of nitriles is 1. The van der Waals surface area contributed by atoms with Gasteiger partial charge >= 0.3 is 0 Å². The standard InChI is InChI=1S/C23H20N6O2/c1-16-3-2-4-18(11-16)14-28-15-26-21-20(23(28)31)13-27-29(21)10-9-25-22(30)19-7-5-17(12-24)6-8-19/h2-8,11,13,15H,9-10,14H2,1H3,(H,25,30). The summed E-state index contributed by atoms with van der Waals surface area (Å²) in [5.41, 5.74) is 3.47. The van der Waals surface area contributed by atoms with Crippen molar-refractivity contribution in [3.05, 3.63) is 93.7 Å². The molecule has 2 heterocycles. The van der Waals surface area contributed by atoms with Gasteiger partial charge < -0.3 is 5.32 Å². The van der Waals surface area contributed by atoms with Crippen molar-refractivity contribution in [3.63, 3.8) is 0 Å². The van der Waals surface area contributed by atoms with Crippen molar-refractivity contribution in [2.24, 2.45) is 0 Å². The Hall–Kier alpha value is -4.25. The molecule has 0 spiro atoms. The third kappa shape index (κ3) is 4.36. The van der Waals surface area contributed by atoms with Gasteiger partial charge in [-0.25, -0.2) is 9.67 Å². The van der Waals surface area contributed by atoms with Gasteiger partial charge in [0.2, 0.25) is 0 Å². The molecule has 0 aliphatic rings. The van der Waals surface area contributed by atoms with Crippen LogP contribution in [-0.2, 0) is 13.1 Å². The molecule has 0 saturated carbocycles. The number of hydrogen-bond donors (Lipinski definition) is 1. The molecule has 4 rings (SSSR count). The van der Waals surface area contributed by atoms with Gasteiger partial charge in [-0.2, -0.15) is 10.4 Å². The lowest BCUT2D eigenvalue weighted by atomic mass is 10.1. The Labute approximate surface area is 178 Å². The second-order valence-electron chi connectivity index (χ2n) is 7.22. The quantitative estimate of drug-likeness (QED) is 0.523. The summed E-state index contributed by atoms with van der Waals surface area (Å²) in [6.45, 7) is 3.15. The highest BCUT2D eigenvalue weighted by molar-refractivity contribution is 5.94. The highest BCUT2D eigenvalue weighted by atomic mass is 16.1. The Morgan fingerprint density at radius 3 is 2.74 bits per heavy atom. The first-order valence-electron chi connectivity index (χ1n) is 9.80. The van der Waals surface area contributed by atoms with E-state index in [-0.39, 0.29) is 11.5 Å². The predicted molar refractivity (Wildman–Crippen MR) is 116 cm³/mol. The maximum Gasteiger partial charge on any atom is 0.264 e. The Kier molecular flexibility index (Phi) is 5.58. The first kappa shape index (κ1) is 20.0. The van der Waals surface area contributed by atoms with E-state index in [4.69, 9.17) is 5.26 Å². The van der Waals surface area contributed by atoms with Crippen LogP contribution in [0.1, 0.15) is 27.0 Å². The molecule has 0 unspecified atom stereocenters.